The number of ether oxygens (including phenoxy) is 2. The van der Waals surface area contributed by atoms with Crippen molar-refractivity contribution in [2.45, 2.75) is 63.4 Å². The summed E-state index contributed by atoms with van der Waals surface area (Å²) in [5, 5.41) is 27.3. The summed E-state index contributed by atoms with van der Waals surface area (Å²) in [5.41, 5.74) is 5.94. The number of aliphatic hydroxyl groups excluding tert-OH is 1. The number of nitrogens with one attached hydrogen (secondary N) is 2. The Kier molecular flexibility index (Phi) is 11.1. The molecule has 2 fully saturated rings. The Bertz CT molecular complexity index is 1660. The quantitative estimate of drug-likeness (QED) is 0.147. The first kappa shape index (κ1) is 34.1. The molecule has 0 radical (unpaired) electrons. The summed E-state index contributed by atoms with van der Waals surface area (Å²) in [6.45, 7) is 5.12. The number of urea groups is 1. The Morgan fingerprint density at radius 3 is 2.29 bits per heavy atom. The Morgan fingerprint density at radius 2 is 1.58 bits per heavy atom. The monoisotopic (exact) mass is 669 g/mol. The van der Waals surface area contributed by atoms with Crippen molar-refractivity contribution in [3.63, 3.8) is 0 Å². The van der Waals surface area contributed by atoms with Crippen molar-refractivity contribution < 1.29 is 24.5 Å². The molecule has 48 heavy (non-hydrogen) atoms. The van der Waals surface area contributed by atoms with E-state index < -0.39 is 11.9 Å². The van der Waals surface area contributed by atoms with Crippen LogP contribution in [-0.4, -0.2) is 53.4 Å². The summed E-state index contributed by atoms with van der Waals surface area (Å²) >= 11 is 6.09. The Morgan fingerprint density at radius 1 is 0.875 bits per heavy atom. The summed E-state index contributed by atoms with van der Waals surface area (Å²) in [6, 6.07) is 31.7. The molecule has 0 bridgehead atoms. The minimum absolute atomic E-state index is 0.00646. The van der Waals surface area contributed by atoms with Gasteiger partial charge in [-0.1, -0.05) is 84.4 Å². The third-order valence-corrected chi connectivity index (χ3v) is 9.60. The van der Waals surface area contributed by atoms with Crippen LogP contribution >= 0.6 is 11.6 Å². The molecule has 0 aromatic heterocycles. The van der Waals surface area contributed by atoms with Crippen molar-refractivity contribution in [3.05, 3.63) is 130 Å². The third kappa shape index (κ3) is 8.44. The van der Waals surface area contributed by atoms with E-state index in [4.69, 9.17) is 21.1 Å². The molecule has 4 aromatic carbocycles. The smallest absolute Gasteiger partial charge is 0.315 e. The maximum Gasteiger partial charge on any atom is 0.315 e. The molecule has 8 nitrogen and oxygen atoms in total. The van der Waals surface area contributed by atoms with Gasteiger partial charge in [-0.3, -0.25) is 0 Å². The molecule has 0 aliphatic carbocycles. The fraction of sp³-hybridized carbons (Fsp3) is 0.359. The molecule has 252 valence electrons. The lowest BCUT2D eigenvalue weighted by Gasteiger charge is -2.42. The molecule has 9 heteroatoms. The van der Waals surface area contributed by atoms with E-state index in [2.05, 4.69) is 39.8 Å². The van der Waals surface area contributed by atoms with Gasteiger partial charge in [0.1, 0.15) is 0 Å². The molecule has 4 aromatic rings. The molecular weight excluding hydrogens is 626 g/mol. The van der Waals surface area contributed by atoms with Crippen LogP contribution in [0.3, 0.4) is 0 Å². The van der Waals surface area contributed by atoms with E-state index in [0.29, 0.717) is 37.4 Å². The molecule has 2 amide bonds. The van der Waals surface area contributed by atoms with Crippen LogP contribution in [0.15, 0.2) is 97.1 Å². The summed E-state index contributed by atoms with van der Waals surface area (Å²) in [5.74, 6) is 0. The van der Waals surface area contributed by atoms with Crippen molar-refractivity contribution in [3.8, 4) is 11.1 Å². The molecule has 2 aliphatic rings. The van der Waals surface area contributed by atoms with E-state index in [1.165, 1.54) is 0 Å². The number of carbonyl (C=O) groups is 1. The van der Waals surface area contributed by atoms with Crippen LogP contribution in [0, 0.1) is 0 Å². The van der Waals surface area contributed by atoms with E-state index in [-0.39, 0.29) is 24.8 Å². The van der Waals surface area contributed by atoms with Gasteiger partial charge in [0, 0.05) is 49.7 Å². The van der Waals surface area contributed by atoms with Crippen LogP contribution in [0.4, 0.5) is 4.79 Å². The van der Waals surface area contributed by atoms with E-state index >= 15 is 0 Å². The van der Waals surface area contributed by atoms with Gasteiger partial charge in [-0.2, -0.15) is 0 Å². The van der Waals surface area contributed by atoms with Gasteiger partial charge in [0.05, 0.1) is 24.4 Å². The van der Waals surface area contributed by atoms with Crippen LogP contribution in [0.2, 0.25) is 5.02 Å². The molecule has 6 rings (SSSR count). The van der Waals surface area contributed by atoms with Gasteiger partial charge >= 0.3 is 6.03 Å². The maximum atomic E-state index is 11.9. The van der Waals surface area contributed by atoms with Crippen LogP contribution < -0.4 is 10.6 Å². The average Bonchev–Trinajstić information content (AvgIpc) is 3.12. The third-order valence-electron chi connectivity index (χ3n) is 9.35. The summed E-state index contributed by atoms with van der Waals surface area (Å²) in [6.07, 6.45) is 1.09. The highest BCUT2D eigenvalue weighted by atomic mass is 35.5. The highest BCUT2D eigenvalue weighted by Crippen LogP contribution is 2.40. The first-order chi connectivity index (χ1) is 23.3. The summed E-state index contributed by atoms with van der Waals surface area (Å²) in [4.78, 5) is 14.3. The van der Waals surface area contributed by atoms with E-state index in [9.17, 15) is 15.0 Å². The van der Waals surface area contributed by atoms with E-state index in [0.717, 1.165) is 58.6 Å². The zero-order valence-corrected chi connectivity index (χ0v) is 28.0. The van der Waals surface area contributed by atoms with Crippen LogP contribution in [-0.2, 0) is 28.2 Å². The normalized spacial score (nSPS) is 21.0. The minimum atomic E-state index is -0.868. The highest BCUT2D eigenvalue weighted by molar-refractivity contribution is 6.30. The second-order valence-electron chi connectivity index (χ2n) is 12.7. The number of carbonyl (C=O) groups excluding carboxylic acids is 1. The number of hydrogen-bond donors (Lipinski definition) is 4. The highest BCUT2D eigenvalue weighted by Gasteiger charge is 2.37. The van der Waals surface area contributed by atoms with Crippen LogP contribution in [0.1, 0.15) is 66.4 Å². The molecule has 3 atom stereocenters. The summed E-state index contributed by atoms with van der Waals surface area (Å²) in [7, 11) is 0. The molecule has 2 heterocycles. The SMILES string of the molecule is CCNC(=O)NCc1cccc(-c2cccc([C@@H]3O[C@H](CN4CCC(O)(c5ccc(Cl)cc5)CC4)C[C@H](c4ccc(CO)cc4)O3)c2)c1. The zero-order chi connectivity index (χ0) is 33.5. The number of benzene rings is 4. The standard InChI is InChI=1S/C39H44ClN3O5/c1-2-41-38(45)42-24-28-5-3-6-30(21-28)31-7-4-8-32(22-31)37-47-35(23-36(48-37)29-11-9-27(26-44)10-12-29)25-43-19-17-39(46,18-20-43)33-13-15-34(40)16-14-33/h3-16,21-22,35-37,44,46H,2,17-20,23-26H2,1H3,(H2,41,42,45)/t35-,36+,37+/m0/s1. The van der Waals surface area contributed by atoms with E-state index in [1.54, 1.807) is 0 Å². The Balaban J connectivity index is 1.18. The van der Waals surface area contributed by atoms with Crippen LogP contribution in [0.5, 0.6) is 0 Å². The van der Waals surface area contributed by atoms with E-state index in [1.807, 2.05) is 79.7 Å². The number of aliphatic hydroxyl groups is 2. The molecule has 4 N–H and O–H groups in total. The van der Waals surface area contributed by atoms with Crippen molar-refractivity contribution in [2.75, 3.05) is 26.2 Å². The van der Waals surface area contributed by atoms with Gasteiger partial charge in [0.25, 0.3) is 0 Å². The Hall–Kier alpha value is -3.76. The number of rotatable bonds is 10. The lowest BCUT2D eigenvalue weighted by molar-refractivity contribution is -0.253. The van der Waals surface area contributed by atoms with Crippen LogP contribution in [0.25, 0.3) is 11.1 Å². The van der Waals surface area contributed by atoms with Gasteiger partial charge in [-0.05, 0) is 77.4 Å². The minimum Gasteiger partial charge on any atom is -0.392 e. The lowest BCUT2D eigenvalue weighted by atomic mass is 9.84. The maximum absolute atomic E-state index is 11.9. The topological polar surface area (TPSA) is 103 Å². The Labute approximate surface area is 287 Å². The molecule has 2 aliphatic heterocycles. The van der Waals surface area contributed by atoms with Crippen molar-refractivity contribution in [1.29, 1.82) is 0 Å². The fourth-order valence-corrected chi connectivity index (χ4v) is 6.73. The number of likely N-dealkylation sites (tertiary alicyclic amines) is 1. The van der Waals surface area contributed by atoms with Gasteiger partial charge < -0.3 is 35.2 Å². The number of halogens is 1. The lowest BCUT2D eigenvalue weighted by Crippen LogP contribution is -2.46. The number of nitrogens with zero attached hydrogens (tertiary/aromatic N) is 1. The number of piperidine rings is 1. The van der Waals surface area contributed by atoms with Crippen molar-refractivity contribution in [1.82, 2.24) is 15.5 Å². The number of amides is 2. The first-order valence-corrected chi connectivity index (χ1v) is 17.1. The summed E-state index contributed by atoms with van der Waals surface area (Å²) < 4.78 is 13.3. The molecule has 2 saturated heterocycles. The average molecular weight is 670 g/mol. The van der Waals surface area contributed by atoms with Crippen molar-refractivity contribution in [2.24, 2.45) is 0 Å². The molecule has 0 unspecified atom stereocenters. The van der Waals surface area contributed by atoms with Gasteiger partial charge in [0.2, 0.25) is 0 Å². The predicted octanol–water partition coefficient (Wildman–Crippen LogP) is 6.85. The fourth-order valence-electron chi connectivity index (χ4n) is 6.61. The molecule has 0 saturated carbocycles. The second kappa shape index (κ2) is 15.6. The van der Waals surface area contributed by atoms with Crippen molar-refractivity contribution >= 4 is 17.6 Å². The number of hydrogen-bond acceptors (Lipinski definition) is 6. The van der Waals surface area contributed by atoms with Gasteiger partial charge in [0.15, 0.2) is 6.29 Å². The second-order valence-corrected chi connectivity index (χ2v) is 13.2. The largest absolute Gasteiger partial charge is 0.392 e. The molecular formula is C39H44ClN3O5. The predicted molar refractivity (Wildman–Crippen MR) is 187 cm³/mol. The zero-order valence-electron chi connectivity index (χ0n) is 27.3. The van der Waals surface area contributed by atoms with Gasteiger partial charge in [-0.25, -0.2) is 4.79 Å². The van der Waals surface area contributed by atoms with Gasteiger partial charge in [-0.15, -0.1) is 0 Å². The first-order valence-electron chi connectivity index (χ1n) is 16.7. The molecule has 0 spiro atoms.